The Balaban J connectivity index is 2.19. The van der Waals surface area contributed by atoms with Gasteiger partial charge in [-0.25, -0.2) is 0 Å². The molecule has 0 aliphatic carbocycles. The molecule has 0 amide bonds. The molecule has 1 saturated heterocycles. The lowest BCUT2D eigenvalue weighted by Gasteiger charge is -2.33. The molecule has 1 fully saturated rings. The summed E-state index contributed by atoms with van der Waals surface area (Å²) in [5.74, 6) is 0. The largest absolute Gasteiger partial charge is 0.370 e. The van der Waals surface area contributed by atoms with Crippen LogP contribution in [0.1, 0.15) is 18.4 Å². The van der Waals surface area contributed by atoms with Gasteiger partial charge in [-0.1, -0.05) is 12.1 Å². The van der Waals surface area contributed by atoms with E-state index >= 15 is 0 Å². The fraction of sp³-hybridized carbons (Fsp3) is 0.500. The van der Waals surface area contributed by atoms with Crippen molar-refractivity contribution in [2.24, 2.45) is 5.73 Å². The van der Waals surface area contributed by atoms with E-state index in [1.165, 1.54) is 15.7 Å². The second-order valence-electron chi connectivity index (χ2n) is 4.23. The second kappa shape index (κ2) is 4.54. The normalized spacial score (nSPS) is 18.2. The number of hydrogen-bond acceptors (Lipinski definition) is 2. The molecule has 0 radical (unpaired) electrons. The minimum atomic E-state index is 0.393. The van der Waals surface area contributed by atoms with Crippen LogP contribution in [0.5, 0.6) is 0 Å². The van der Waals surface area contributed by atoms with Gasteiger partial charge in [-0.3, -0.25) is 0 Å². The first kappa shape index (κ1) is 11.0. The molecule has 0 spiro atoms. The lowest BCUT2D eigenvalue weighted by Crippen LogP contribution is -2.39. The van der Waals surface area contributed by atoms with Gasteiger partial charge in [0.1, 0.15) is 0 Å². The van der Waals surface area contributed by atoms with E-state index in [0.29, 0.717) is 6.04 Å². The van der Waals surface area contributed by atoms with Crippen LogP contribution >= 0.6 is 15.9 Å². The first-order valence-corrected chi connectivity index (χ1v) is 6.23. The number of piperidine rings is 1. The van der Waals surface area contributed by atoms with Crippen molar-refractivity contribution in [1.82, 2.24) is 0 Å². The Kier molecular flexibility index (Phi) is 3.32. The van der Waals surface area contributed by atoms with Crippen molar-refractivity contribution in [1.29, 1.82) is 0 Å². The zero-order valence-corrected chi connectivity index (χ0v) is 10.6. The molecule has 2 nitrogen and oxygen atoms in total. The Morgan fingerprint density at radius 1 is 1.33 bits per heavy atom. The van der Waals surface area contributed by atoms with Gasteiger partial charge in [0.25, 0.3) is 0 Å². The molecule has 1 aliphatic heterocycles. The maximum absolute atomic E-state index is 5.90. The average molecular weight is 269 g/mol. The predicted octanol–water partition coefficient (Wildman–Crippen LogP) is 2.69. The van der Waals surface area contributed by atoms with E-state index in [0.717, 1.165) is 25.9 Å². The number of rotatable bonds is 1. The van der Waals surface area contributed by atoms with Gasteiger partial charge in [-0.05, 0) is 47.3 Å². The molecule has 1 aliphatic rings. The van der Waals surface area contributed by atoms with Crippen LogP contribution in [0, 0.1) is 6.92 Å². The van der Waals surface area contributed by atoms with Gasteiger partial charge in [0, 0.05) is 23.6 Å². The minimum absolute atomic E-state index is 0.393. The third-order valence-electron chi connectivity index (χ3n) is 3.05. The van der Waals surface area contributed by atoms with Crippen LogP contribution in [0.2, 0.25) is 0 Å². The second-order valence-corrected chi connectivity index (χ2v) is 5.03. The molecule has 3 heteroatoms. The predicted molar refractivity (Wildman–Crippen MR) is 68.3 cm³/mol. The highest BCUT2D eigenvalue weighted by molar-refractivity contribution is 9.10. The Bertz CT molecular complexity index is 343. The maximum Gasteiger partial charge on any atom is 0.0513 e. The van der Waals surface area contributed by atoms with Gasteiger partial charge in [-0.15, -0.1) is 0 Å². The Hall–Kier alpha value is -0.540. The maximum atomic E-state index is 5.90. The van der Waals surface area contributed by atoms with Crippen molar-refractivity contribution < 1.29 is 0 Å². The minimum Gasteiger partial charge on any atom is -0.370 e. The molecule has 2 rings (SSSR count). The van der Waals surface area contributed by atoms with Crippen molar-refractivity contribution in [3.05, 3.63) is 28.2 Å². The van der Waals surface area contributed by atoms with E-state index in [1.54, 1.807) is 0 Å². The molecule has 15 heavy (non-hydrogen) atoms. The van der Waals surface area contributed by atoms with Gasteiger partial charge in [0.15, 0.2) is 0 Å². The van der Waals surface area contributed by atoms with Gasteiger partial charge >= 0.3 is 0 Å². The number of nitrogens with zero attached hydrogens (tertiary/aromatic N) is 1. The first-order valence-electron chi connectivity index (χ1n) is 5.44. The van der Waals surface area contributed by atoms with Gasteiger partial charge in [0.05, 0.1) is 5.69 Å². The van der Waals surface area contributed by atoms with Crippen LogP contribution in [0.25, 0.3) is 0 Å². The van der Waals surface area contributed by atoms with Gasteiger partial charge < -0.3 is 10.6 Å². The van der Waals surface area contributed by atoms with Crippen molar-refractivity contribution in [2.45, 2.75) is 25.8 Å². The van der Waals surface area contributed by atoms with Crippen LogP contribution in [-0.2, 0) is 0 Å². The molecular formula is C12H17BrN2. The summed E-state index contributed by atoms with van der Waals surface area (Å²) in [4.78, 5) is 2.42. The summed E-state index contributed by atoms with van der Waals surface area (Å²) in [5.41, 5.74) is 8.51. The van der Waals surface area contributed by atoms with Crippen LogP contribution in [-0.4, -0.2) is 19.1 Å². The lowest BCUT2D eigenvalue weighted by atomic mass is 10.1. The monoisotopic (exact) mass is 268 g/mol. The van der Waals surface area contributed by atoms with Crippen LogP contribution in [0.3, 0.4) is 0 Å². The number of anilines is 1. The fourth-order valence-electron chi connectivity index (χ4n) is 2.02. The molecule has 1 heterocycles. The van der Waals surface area contributed by atoms with E-state index in [2.05, 4.69) is 46.0 Å². The zero-order chi connectivity index (χ0) is 10.8. The van der Waals surface area contributed by atoms with Crippen LogP contribution in [0.4, 0.5) is 5.69 Å². The molecule has 2 N–H and O–H groups in total. The van der Waals surface area contributed by atoms with Crippen molar-refractivity contribution in [2.75, 3.05) is 18.0 Å². The molecular weight excluding hydrogens is 252 g/mol. The summed E-state index contributed by atoms with van der Waals surface area (Å²) >= 11 is 3.66. The number of hydrogen-bond donors (Lipinski definition) is 1. The summed E-state index contributed by atoms with van der Waals surface area (Å²) in [6, 6.07) is 6.81. The number of halogens is 1. The molecule has 1 aromatic rings. The summed E-state index contributed by atoms with van der Waals surface area (Å²) in [5, 5.41) is 0. The standard InChI is InChI=1S/C12H17BrN2/c1-9-3-2-4-11(12(9)13)15-7-5-10(14)6-8-15/h2-4,10H,5-8,14H2,1H3. The van der Waals surface area contributed by atoms with Crippen molar-refractivity contribution >= 4 is 21.6 Å². The van der Waals surface area contributed by atoms with Gasteiger partial charge in [0.2, 0.25) is 0 Å². The molecule has 0 bridgehead atoms. The average Bonchev–Trinajstić information content (AvgIpc) is 2.24. The van der Waals surface area contributed by atoms with E-state index < -0.39 is 0 Å². The molecule has 0 saturated carbocycles. The summed E-state index contributed by atoms with van der Waals surface area (Å²) in [6.07, 6.45) is 2.20. The third kappa shape index (κ3) is 2.34. The molecule has 0 unspecified atom stereocenters. The quantitative estimate of drug-likeness (QED) is 0.849. The van der Waals surface area contributed by atoms with Crippen molar-refractivity contribution in [3.8, 4) is 0 Å². The highest BCUT2D eigenvalue weighted by Crippen LogP contribution is 2.30. The van der Waals surface area contributed by atoms with Crippen molar-refractivity contribution in [3.63, 3.8) is 0 Å². The highest BCUT2D eigenvalue weighted by atomic mass is 79.9. The Labute approximate surface area is 99.6 Å². The van der Waals surface area contributed by atoms with E-state index in [-0.39, 0.29) is 0 Å². The molecule has 0 atom stereocenters. The summed E-state index contributed by atoms with van der Waals surface area (Å²) in [6.45, 7) is 4.27. The van der Waals surface area contributed by atoms with Crippen LogP contribution in [0.15, 0.2) is 22.7 Å². The summed E-state index contributed by atoms with van der Waals surface area (Å²) < 4.78 is 1.22. The number of nitrogens with two attached hydrogens (primary N) is 1. The van der Waals surface area contributed by atoms with Gasteiger partial charge in [-0.2, -0.15) is 0 Å². The smallest absolute Gasteiger partial charge is 0.0513 e. The Morgan fingerprint density at radius 3 is 2.67 bits per heavy atom. The van der Waals surface area contributed by atoms with E-state index in [4.69, 9.17) is 5.73 Å². The molecule has 1 aromatic carbocycles. The third-order valence-corrected chi connectivity index (χ3v) is 4.08. The molecule has 82 valence electrons. The van der Waals surface area contributed by atoms with Crippen LogP contribution < -0.4 is 10.6 Å². The fourth-order valence-corrected chi connectivity index (χ4v) is 2.53. The summed E-state index contributed by atoms with van der Waals surface area (Å²) in [7, 11) is 0. The van der Waals surface area contributed by atoms with E-state index in [1.807, 2.05) is 0 Å². The molecule has 0 aromatic heterocycles. The first-order chi connectivity index (χ1) is 7.18. The van der Waals surface area contributed by atoms with E-state index in [9.17, 15) is 0 Å². The SMILES string of the molecule is Cc1cccc(N2CCC(N)CC2)c1Br. The number of benzene rings is 1. The highest BCUT2D eigenvalue weighted by Gasteiger charge is 2.18. The lowest BCUT2D eigenvalue weighted by molar-refractivity contribution is 0.501. The topological polar surface area (TPSA) is 29.3 Å². The number of aryl methyl sites for hydroxylation is 1. The Morgan fingerprint density at radius 2 is 2.00 bits per heavy atom. The zero-order valence-electron chi connectivity index (χ0n) is 9.04.